The highest BCUT2D eigenvalue weighted by Crippen LogP contribution is 2.21. The second-order valence-corrected chi connectivity index (χ2v) is 4.63. The van der Waals surface area contributed by atoms with Crippen molar-refractivity contribution in [2.75, 3.05) is 0 Å². The highest BCUT2D eigenvalue weighted by molar-refractivity contribution is 7.80. The topological polar surface area (TPSA) is 48.1 Å². The van der Waals surface area contributed by atoms with Crippen molar-refractivity contribution in [3.8, 4) is 5.75 Å². The molecule has 1 aromatic heterocycles. The summed E-state index contributed by atoms with van der Waals surface area (Å²) in [6.07, 6.45) is 1.59. The number of aromatic nitrogens is 1. The van der Waals surface area contributed by atoms with Crippen LogP contribution in [-0.4, -0.2) is 9.97 Å². The lowest BCUT2D eigenvalue weighted by Gasteiger charge is -2.07. The van der Waals surface area contributed by atoms with Crippen molar-refractivity contribution >= 4 is 28.8 Å². The number of rotatable bonds is 4. The zero-order valence-corrected chi connectivity index (χ0v) is 11.3. The fourth-order valence-electron chi connectivity index (χ4n) is 1.43. The molecule has 0 amide bonds. The monoisotopic (exact) mass is 296 g/mol. The summed E-state index contributed by atoms with van der Waals surface area (Å²) in [5, 5.41) is 0.0621. The van der Waals surface area contributed by atoms with E-state index in [1.54, 1.807) is 24.4 Å². The van der Waals surface area contributed by atoms with E-state index < -0.39 is 5.82 Å². The van der Waals surface area contributed by atoms with Crippen LogP contribution in [0.2, 0.25) is 5.02 Å². The molecule has 0 saturated carbocycles. The van der Waals surface area contributed by atoms with Crippen molar-refractivity contribution in [1.82, 2.24) is 4.98 Å². The van der Waals surface area contributed by atoms with Gasteiger partial charge in [0.05, 0.1) is 10.7 Å². The van der Waals surface area contributed by atoms with Crippen LogP contribution in [0, 0.1) is 5.82 Å². The molecule has 0 aliphatic heterocycles. The van der Waals surface area contributed by atoms with Crippen molar-refractivity contribution in [1.29, 1.82) is 0 Å². The largest absolute Gasteiger partial charge is 0.489 e. The molecule has 1 heterocycles. The molecule has 19 heavy (non-hydrogen) atoms. The normalized spacial score (nSPS) is 10.2. The minimum Gasteiger partial charge on any atom is -0.489 e. The second kappa shape index (κ2) is 5.95. The van der Waals surface area contributed by atoms with Crippen LogP contribution in [0.3, 0.4) is 0 Å². The Morgan fingerprint density at radius 2 is 2.16 bits per heavy atom. The van der Waals surface area contributed by atoms with E-state index in [1.807, 2.05) is 0 Å². The van der Waals surface area contributed by atoms with Crippen LogP contribution < -0.4 is 10.5 Å². The molecule has 0 atom stereocenters. The van der Waals surface area contributed by atoms with E-state index in [4.69, 9.17) is 34.3 Å². The van der Waals surface area contributed by atoms with E-state index in [9.17, 15) is 4.39 Å². The molecule has 0 fully saturated rings. The molecule has 2 aromatic rings. The first-order chi connectivity index (χ1) is 9.06. The Balaban J connectivity index is 2.07. The lowest BCUT2D eigenvalue weighted by molar-refractivity contribution is 0.304. The molecule has 0 radical (unpaired) electrons. The van der Waals surface area contributed by atoms with Crippen LogP contribution in [0.15, 0.2) is 36.5 Å². The van der Waals surface area contributed by atoms with Gasteiger partial charge in [0.15, 0.2) is 0 Å². The van der Waals surface area contributed by atoms with Gasteiger partial charge in [-0.05, 0) is 29.8 Å². The summed E-state index contributed by atoms with van der Waals surface area (Å²) < 4.78 is 18.7. The fraction of sp³-hybridized carbons (Fsp3) is 0.0769. The van der Waals surface area contributed by atoms with E-state index in [2.05, 4.69) is 4.98 Å². The molecule has 0 saturated heterocycles. The zero-order chi connectivity index (χ0) is 13.8. The Hall–Kier alpha value is -1.72. The molecule has 0 unspecified atom stereocenters. The molecule has 2 N–H and O–H groups in total. The van der Waals surface area contributed by atoms with E-state index in [1.165, 1.54) is 12.1 Å². The number of ether oxygens (including phenoxy) is 1. The first-order valence-electron chi connectivity index (χ1n) is 5.39. The maximum atomic E-state index is 13.2. The Morgan fingerprint density at radius 3 is 2.84 bits per heavy atom. The number of halogens is 2. The van der Waals surface area contributed by atoms with Crippen LogP contribution in [0.5, 0.6) is 5.75 Å². The summed E-state index contributed by atoms with van der Waals surface area (Å²) in [5.74, 6) is -0.117. The van der Waals surface area contributed by atoms with Crippen LogP contribution in [0.1, 0.15) is 11.3 Å². The van der Waals surface area contributed by atoms with Gasteiger partial charge in [-0.1, -0.05) is 23.8 Å². The summed E-state index contributed by atoms with van der Waals surface area (Å²) in [4.78, 5) is 4.24. The fourth-order valence-corrected chi connectivity index (χ4v) is 1.66. The molecule has 0 spiro atoms. The summed E-state index contributed by atoms with van der Waals surface area (Å²) in [7, 11) is 0. The lowest BCUT2D eigenvalue weighted by Crippen LogP contribution is -2.12. The Labute approximate surface area is 120 Å². The Bertz CT molecular complexity index is 621. The molecule has 2 rings (SSSR count). The van der Waals surface area contributed by atoms with Gasteiger partial charge in [-0.25, -0.2) is 4.39 Å². The van der Waals surface area contributed by atoms with E-state index in [0.717, 1.165) is 5.56 Å². The number of pyridine rings is 1. The quantitative estimate of drug-likeness (QED) is 0.881. The zero-order valence-electron chi connectivity index (χ0n) is 9.77. The number of nitrogens with zero attached hydrogens (tertiary/aromatic N) is 1. The summed E-state index contributed by atoms with van der Waals surface area (Å²) in [6, 6.07) is 7.78. The van der Waals surface area contributed by atoms with Gasteiger partial charge in [0, 0.05) is 12.3 Å². The average molecular weight is 297 g/mol. The highest BCUT2D eigenvalue weighted by atomic mass is 35.5. The number of thiocarbonyl (C=S) groups is 1. The third kappa shape index (κ3) is 3.62. The first kappa shape index (κ1) is 13.7. The van der Waals surface area contributed by atoms with Crippen molar-refractivity contribution < 1.29 is 9.13 Å². The Kier molecular flexibility index (Phi) is 4.29. The van der Waals surface area contributed by atoms with Gasteiger partial charge in [-0.2, -0.15) is 0 Å². The van der Waals surface area contributed by atoms with Gasteiger partial charge >= 0.3 is 0 Å². The number of hydrogen-bond donors (Lipinski definition) is 1. The molecule has 1 aromatic carbocycles. The van der Waals surface area contributed by atoms with Crippen molar-refractivity contribution in [2.45, 2.75) is 6.61 Å². The van der Waals surface area contributed by atoms with Crippen molar-refractivity contribution in [3.63, 3.8) is 0 Å². The highest BCUT2D eigenvalue weighted by Gasteiger charge is 2.04. The molecule has 98 valence electrons. The summed E-state index contributed by atoms with van der Waals surface area (Å²) in [6.45, 7) is 0.263. The third-order valence-electron chi connectivity index (χ3n) is 2.37. The molecular formula is C13H10ClFN2OS. The smallest absolute Gasteiger partial charge is 0.145 e. The lowest BCUT2D eigenvalue weighted by atomic mass is 10.2. The Morgan fingerprint density at radius 1 is 1.37 bits per heavy atom. The molecule has 0 aliphatic rings. The van der Waals surface area contributed by atoms with Gasteiger partial charge in [0.1, 0.15) is 23.2 Å². The van der Waals surface area contributed by atoms with Crippen LogP contribution in [0.4, 0.5) is 4.39 Å². The predicted molar refractivity (Wildman–Crippen MR) is 75.9 cm³/mol. The van der Waals surface area contributed by atoms with Gasteiger partial charge in [-0.3, -0.25) is 4.98 Å². The average Bonchev–Trinajstić information content (AvgIpc) is 2.40. The number of hydrogen-bond acceptors (Lipinski definition) is 3. The van der Waals surface area contributed by atoms with Gasteiger partial charge in [-0.15, -0.1) is 0 Å². The standard InChI is InChI=1S/C13H10ClFN2OS/c14-10-2-1-9(6-11(10)15)18-7-8-3-4-17-12(5-8)13(16)19/h1-6H,7H2,(H2,16,19). The maximum absolute atomic E-state index is 13.2. The predicted octanol–water partition coefficient (Wildman–Crippen LogP) is 3.09. The molecule has 0 aliphatic carbocycles. The van der Waals surface area contributed by atoms with Crippen molar-refractivity contribution in [3.05, 3.63) is 58.6 Å². The van der Waals surface area contributed by atoms with Crippen LogP contribution in [-0.2, 0) is 6.61 Å². The first-order valence-corrected chi connectivity index (χ1v) is 6.17. The third-order valence-corrected chi connectivity index (χ3v) is 2.89. The number of benzene rings is 1. The van der Waals surface area contributed by atoms with Crippen LogP contribution in [0.25, 0.3) is 0 Å². The van der Waals surface area contributed by atoms with E-state index >= 15 is 0 Å². The van der Waals surface area contributed by atoms with Gasteiger partial charge < -0.3 is 10.5 Å². The minimum absolute atomic E-state index is 0.0621. The molecule has 6 heteroatoms. The maximum Gasteiger partial charge on any atom is 0.145 e. The molecule has 0 bridgehead atoms. The number of nitrogens with two attached hydrogens (primary N) is 1. The minimum atomic E-state index is -0.516. The second-order valence-electron chi connectivity index (χ2n) is 3.78. The van der Waals surface area contributed by atoms with Gasteiger partial charge in [0.25, 0.3) is 0 Å². The van der Waals surface area contributed by atoms with E-state index in [0.29, 0.717) is 11.4 Å². The van der Waals surface area contributed by atoms with Crippen molar-refractivity contribution in [2.24, 2.45) is 5.73 Å². The molecule has 3 nitrogen and oxygen atoms in total. The van der Waals surface area contributed by atoms with Crippen LogP contribution >= 0.6 is 23.8 Å². The van der Waals surface area contributed by atoms with E-state index in [-0.39, 0.29) is 16.6 Å². The van der Waals surface area contributed by atoms with Gasteiger partial charge in [0.2, 0.25) is 0 Å². The summed E-state index contributed by atoms with van der Waals surface area (Å²) in [5.41, 5.74) is 6.86. The SMILES string of the molecule is NC(=S)c1cc(COc2ccc(Cl)c(F)c2)ccn1. The molecular weight excluding hydrogens is 287 g/mol. The summed E-state index contributed by atoms with van der Waals surface area (Å²) >= 11 is 10.4.